The van der Waals surface area contributed by atoms with Gasteiger partial charge in [-0.2, -0.15) is 5.26 Å². The van der Waals surface area contributed by atoms with Crippen molar-refractivity contribution in [3.63, 3.8) is 0 Å². The summed E-state index contributed by atoms with van der Waals surface area (Å²) >= 11 is 0. The smallest absolute Gasteiger partial charge is 0.0861 e. The normalized spacial score (nSPS) is 43.7. The summed E-state index contributed by atoms with van der Waals surface area (Å²) in [5, 5.41) is 23.9. The first kappa shape index (κ1) is 12.9. The predicted octanol–water partition coefficient (Wildman–Crippen LogP) is 2.21. The molecule has 2 aliphatic rings. The van der Waals surface area contributed by atoms with Crippen LogP contribution in [-0.4, -0.2) is 23.8 Å². The highest BCUT2D eigenvalue weighted by Gasteiger charge is 2.51. The molecule has 1 aliphatic carbocycles. The summed E-state index contributed by atoms with van der Waals surface area (Å²) in [4.78, 5) is 0. The van der Waals surface area contributed by atoms with Crippen LogP contribution in [0, 0.1) is 22.7 Å². The first-order valence-corrected chi connectivity index (χ1v) is 6.96. The maximum Gasteiger partial charge on any atom is 0.0861 e. The first-order chi connectivity index (χ1) is 8.12. The van der Waals surface area contributed by atoms with E-state index in [4.69, 9.17) is 0 Å². The van der Waals surface area contributed by atoms with Gasteiger partial charge in [0.1, 0.15) is 0 Å². The molecule has 96 valence electrons. The van der Waals surface area contributed by atoms with Crippen molar-refractivity contribution in [2.45, 2.75) is 57.5 Å². The number of aliphatic hydroxyl groups is 1. The number of nitriles is 1. The molecule has 0 bridgehead atoms. The van der Waals surface area contributed by atoms with Crippen molar-refractivity contribution in [3.8, 4) is 6.07 Å². The molecular formula is C14H24N2O. The SMILES string of the molecule is CC1CCC(C#N)(C2(O)CCCNCC2)CC1. The standard InChI is InChI=1S/C14H24N2O/c1-12-3-6-13(11-15,7-4-12)14(17)5-2-9-16-10-8-14/h12,16-17H,2-10H2,1H3. The molecule has 2 rings (SSSR count). The van der Waals surface area contributed by atoms with E-state index in [1.54, 1.807) is 0 Å². The van der Waals surface area contributed by atoms with Crippen molar-refractivity contribution in [2.75, 3.05) is 13.1 Å². The van der Waals surface area contributed by atoms with Gasteiger partial charge in [0.15, 0.2) is 0 Å². The Kier molecular flexibility index (Phi) is 3.75. The minimum Gasteiger partial charge on any atom is -0.388 e. The van der Waals surface area contributed by atoms with Crippen molar-refractivity contribution in [3.05, 3.63) is 0 Å². The van der Waals surface area contributed by atoms with Crippen LogP contribution in [0.4, 0.5) is 0 Å². The zero-order valence-electron chi connectivity index (χ0n) is 10.8. The van der Waals surface area contributed by atoms with Crippen LogP contribution in [-0.2, 0) is 0 Å². The molecule has 0 spiro atoms. The van der Waals surface area contributed by atoms with Gasteiger partial charge >= 0.3 is 0 Å². The Bertz CT molecular complexity index is 292. The van der Waals surface area contributed by atoms with Crippen LogP contribution in [0.25, 0.3) is 0 Å². The molecule has 0 aromatic carbocycles. The van der Waals surface area contributed by atoms with Gasteiger partial charge in [0.2, 0.25) is 0 Å². The van der Waals surface area contributed by atoms with E-state index in [9.17, 15) is 10.4 Å². The highest BCUT2D eigenvalue weighted by molar-refractivity contribution is 5.13. The molecule has 2 N–H and O–H groups in total. The lowest BCUT2D eigenvalue weighted by Gasteiger charge is -2.46. The van der Waals surface area contributed by atoms with Crippen LogP contribution in [0.3, 0.4) is 0 Å². The Balaban J connectivity index is 2.18. The zero-order chi connectivity index (χ0) is 12.4. The molecule has 0 aromatic rings. The van der Waals surface area contributed by atoms with E-state index < -0.39 is 11.0 Å². The van der Waals surface area contributed by atoms with Crippen LogP contribution >= 0.6 is 0 Å². The summed E-state index contributed by atoms with van der Waals surface area (Å²) < 4.78 is 0. The molecule has 0 amide bonds. The van der Waals surface area contributed by atoms with Crippen LogP contribution in [0.15, 0.2) is 0 Å². The van der Waals surface area contributed by atoms with E-state index in [1.807, 2.05) is 0 Å². The Hall–Kier alpha value is -0.590. The van der Waals surface area contributed by atoms with E-state index in [-0.39, 0.29) is 0 Å². The maximum atomic E-state index is 11.0. The topological polar surface area (TPSA) is 56.0 Å². The molecule has 1 heterocycles. The molecular weight excluding hydrogens is 212 g/mol. The van der Waals surface area contributed by atoms with E-state index >= 15 is 0 Å². The van der Waals surface area contributed by atoms with Gasteiger partial charge in [-0.1, -0.05) is 6.92 Å². The summed E-state index contributed by atoms with van der Waals surface area (Å²) in [5.41, 5.74) is -1.24. The maximum absolute atomic E-state index is 11.0. The molecule has 1 atom stereocenters. The third-order valence-electron chi connectivity index (χ3n) is 4.89. The molecule has 1 saturated carbocycles. The second-order valence-electron chi connectivity index (χ2n) is 6.01. The van der Waals surface area contributed by atoms with E-state index in [0.29, 0.717) is 5.92 Å². The fourth-order valence-electron chi connectivity index (χ4n) is 3.47. The highest BCUT2D eigenvalue weighted by atomic mass is 16.3. The van der Waals surface area contributed by atoms with Crippen molar-refractivity contribution in [1.29, 1.82) is 5.26 Å². The van der Waals surface area contributed by atoms with Gasteiger partial charge in [0, 0.05) is 0 Å². The Labute approximate surface area is 104 Å². The third-order valence-corrected chi connectivity index (χ3v) is 4.89. The molecule has 0 aromatic heterocycles. The summed E-state index contributed by atoms with van der Waals surface area (Å²) in [6, 6.07) is 2.50. The van der Waals surface area contributed by atoms with Gasteiger partial charge < -0.3 is 10.4 Å². The summed E-state index contributed by atoms with van der Waals surface area (Å²) in [6.45, 7) is 4.07. The van der Waals surface area contributed by atoms with Crippen LogP contribution in [0.5, 0.6) is 0 Å². The summed E-state index contributed by atoms with van der Waals surface area (Å²) in [7, 11) is 0. The van der Waals surface area contributed by atoms with Crippen LogP contribution < -0.4 is 5.32 Å². The monoisotopic (exact) mass is 236 g/mol. The molecule has 1 aliphatic heterocycles. The van der Waals surface area contributed by atoms with Gasteiger partial charge in [-0.3, -0.25) is 0 Å². The molecule has 1 unspecified atom stereocenters. The van der Waals surface area contributed by atoms with E-state index in [1.165, 1.54) is 0 Å². The van der Waals surface area contributed by atoms with Crippen LogP contribution in [0.1, 0.15) is 51.9 Å². The highest BCUT2D eigenvalue weighted by Crippen LogP contribution is 2.49. The average Bonchev–Trinajstić information content (AvgIpc) is 2.57. The van der Waals surface area contributed by atoms with Crippen molar-refractivity contribution in [2.24, 2.45) is 11.3 Å². The van der Waals surface area contributed by atoms with Gasteiger partial charge in [-0.25, -0.2) is 0 Å². The Morgan fingerprint density at radius 2 is 1.88 bits per heavy atom. The fraction of sp³-hybridized carbons (Fsp3) is 0.929. The lowest BCUT2D eigenvalue weighted by atomic mass is 9.60. The lowest BCUT2D eigenvalue weighted by molar-refractivity contribution is -0.0854. The van der Waals surface area contributed by atoms with Gasteiger partial charge in [0.25, 0.3) is 0 Å². The molecule has 1 saturated heterocycles. The summed E-state index contributed by atoms with van der Waals surface area (Å²) in [5.74, 6) is 0.712. The molecule has 0 radical (unpaired) electrons. The predicted molar refractivity (Wildman–Crippen MR) is 67.3 cm³/mol. The zero-order valence-corrected chi connectivity index (χ0v) is 10.8. The van der Waals surface area contributed by atoms with E-state index in [0.717, 1.165) is 58.0 Å². The van der Waals surface area contributed by atoms with Crippen molar-refractivity contribution in [1.82, 2.24) is 5.32 Å². The number of hydrogen-bond acceptors (Lipinski definition) is 3. The Morgan fingerprint density at radius 1 is 1.18 bits per heavy atom. The molecule has 3 nitrogen and oxygen atoms in total. The largest absolute Gasteiger partial charge is 0.388 e. The van der Waals surface area contributed by atoms with Crippen molar-refractivity contribution >= 4 is 0 Å². The van der Waals surface area contributed by atoms with Crippen molar-refractivity contribution < 1.29 is 5.11 Å². The van der Waals surface area contributed by atoms with Gasteiger partial charge in [-0.05, 0) is 64.0 Å². The fourth-order valence-corrected chi connectivity index (χ4v) is 3.47. The minimum absolute atomic E-state index is 0.481. The molecule has 2 fully saturated rings. The Morgan fingerprint density at radius 3 is 2.53 bits per heavy atom. The first-order valence-electron chi connectivity index (χ1n) is 6.96. The lowest BCUT2D eigenvalue weighted by Crippen LogP contribution is -2.49. The van der Waals surface area contributed by atoms with Gasteiger partial charge in [-0.15, -0.1) is 0 Å². The molecule has 3 heteroatoms. The van der Waals surface area contributed by atoms with E-state index in [2.05, 4.69) is 18.3 Å². The number of nitrogens with one attached hydrogen (secondary N) is 1. The molecule has 17 heavy (non-hydrogen) atoms. The second kappa shape index (κ2) is 4.96. The number of hydrogen-bond donors (Lipinski definition) is 2. The minimum atomic E-state index is -0.759. The quantitative estimate of drug-likeness (QED) is 0.734. The van der Waals surface area contributed by atoms with Crippen LogP contribution in [0.2, 0.25) is 0 Å². The number of rotatable bonds is 1. The average molecular weight is 236 g/mol. The number of nitrogens with zero attached hydrogens (tertiary/aromatic N) is 1. The second-order valence-corrected chi connectivity index (χ2v) is 6.01. The van der Waals surface area contributed by atoms with Gasteiger partial charge in [0.05, 0.1) is 17.1 Å². The third kappa shape index (κ3) is 2.34. The summed E-state index contributed by atoms with van der Waals surface area (Å²) in [6.07, 6.45) is 6.42.